The fourth-order valence-corrected chi connectivity index (χ4v) is 1.87. The standard InChI is InChI=1S/C18H20O4/c1-3-18(2,17(19)20)22-16-11-9-15(10-12-16)21-13-14-7-5-4-6-8-14/h4-12H,3,13H2,1-2H3,(H,19,20)/t18-/m0/s1. The van der Waals surface area contributed by atoms with E-state index < -0.39 is 11.6 Å². The molecule has 0 aromatic heterocycles. The third kappa shape index (κ3) is 4.01. The lowest BCUT2D eigenvalue weighted by Crippen LogP contribution is -2.40. The summed E-state index contributed by atoms with van der Waals surface area (Å²) >= 11 is 0. The molecule has 1 atom stereocenters. The monoisotopic (exact) mass is 300 g/mol. The van der Waals surface area contributed by atoms with Crippen molar-refractivity contribution in [3.63, 3.8) is 0 Å². The molecule has 4 nitrogen and oxygen atoms in total. The number of carboxylic acid groups (broad SMARTS) is 1. The van der Waals surface area contributed by atoms with Gasteiger partial charge in [0.15, 0.2) is 0 Å². The molecule has 0 saturated heterocycles. The van der Waals surface area contributed by atoms with Crippen LogP contribution in [0, 0.1) is 0 Å². The molecule has 0 aliphatic rings. The number of aliphatic carboxylic acids is 1. The summed E-state index contributed by atoms with van der Waals surface area (Å²) in [6, 6.07) is 16.9. The number of hydrogen-bond donors (Lipinski definition) is 1. The van der Waals surface area contributed by atoms with Crippen LogP contribution in [0.3, 0.4) is 0 Å². The summed E-state index contributed by atoms with van der Waals surface area (Å²) in [5.74, 6) is 0.253. The van der Waals surface area contributed by atoms with Gasteiger partial charge in [0.05, 0.1) is 0 Å². The van der Waals surface area contributed by atoms with Crippen molar-refractivity contribution in [1.82, 2.24) is 0 Å². The highest BCUT2D eigenvalue weighted by molar-refractivity contribution is 5.77. The topological polar surface area (TPSA) is 55.8 Å². The number of ether oxygens (including phenoxy) is 2. The Morgan fingerprint density at radius 3 is 2.18 bits per heavy atom. The molecule has 1 N–H and O–H groups in total. The van der Waals surface area contributed by atoms with Crippen LogP contribution in [0.4, 0.5) is 0 Å². The molecule has 0 radical (unpaired) electrons. The fraction of sp³-hybridized carbons (Fsp3) is 0.278. The van der Waals surface area contributed by atoms with Crippen molar-refractivity contribution in [3.8, 4) is 11.5 Å². The highest BCUT2D eigenvalue weighted by Gasteiger charge is 2.33. The molecule has 4 heteroatoms. The molecule has 2 rings (SSSR count). The van der Waals surface area contributed by atoms with Gasteiger partial charge in [0.1, 0.15) is 18.1 Å². The molecule has 0 fully saturated rings. The molecule has 0 spiro atoms. The third-order valence-corrected chi connectivity index (χ3v) is 3.54. The van der Waals surface area contributed by atoms with E-state index >= 15 is 0 Å². The largest absolute Gasteiger partial charge is 0.489 e. The first-order chi connectivity index (χ1) is 10.5. The molecule has 0 bridgehead atoms. The number of hydrogen-bond acceptors (Lipinski definition) is 3. The zero-order valence-corrected chi connectivity index (χ0v) is 12.8. The second kappa shape index (κ2) is 6.98. The Hall–Kier alpha value is -2.49. The fourth-order valence-electron chi connectivity index (χ4n) is 1.87. The second-order valence-corrected chi connectivity index (χ2v) is 5.24. The average Bonchev–Trinajstić information content (AvgIpc) is 2.55. The van der Waals surface area contributed by atoms with Crippen LogP contribution in [0.2, 0.25) is 0 Å². The van der Waals surface area contributed by atoms with E-state index in [1.807, 2.05) is 30.3 Å². The van der Waals surface area contributed by atoms with Crippen molar-refractivity contribution >= 4 is 5.97 Å². The Morgan fingerprint density at radius 1 is 1.05 bits per heavy atom. The van der Waals surface area contributed by atoms with E-state index in [2.05, 4.69) is 0 Å². The number of benzene rings is 2. The predicted molar refractivity (Wildman–Crippen MR) is 84.2 cm³/mol. The molecular weight excluding hydrogens is 280 g/mol. The van der Waals surface area contributed by atoms with Crippen LogP contribution in [0.25, 0.3) is 0 Å². The molecule has 2 aromatic carbocycles. The lowest BCUT2D eigenvalue weighted by Gasteiger charge is -2.24. The van der Waals surface area contributed by atoms with Gasteiger partial charge in [-0.1, -0.05) is 37.3 Å². The van der Waals surface area contributed by atoms with Crippen molar-refractivity contribution in [3.05, 3.63) is 60.2 Å². The quantitative estimate of drug-likeness (QED) is 0.842. The molecule has 0 unspecified atom stereocenters. The van der Waals surface area contributed by atoms with Crippen molar-refractivity contribution in [2.24, 2.45) is 0 Å². The molecule has 0 heterocycles. The van der Waals surface area contributed by atoms with Crippen LogP contribution in [-0.4, -0.2) is 16.7 Å². The number of carboxylic acids is 1. The predicted octanol–water partition coefficient (Wildman–Crippen LogP) is 3.90. The Bertz CT molecular complexity index is 607. The van der Waals surface area contributed by atoms with E-state index in [1.54, 1.807) is 38.1 Å². The summed E-state index contributed by atoms with van der Waals surface area (Å²) in [5.41, 5.74) is -0.126. The Morgan fingerprint density at radius 2 is 1.64 bits per heavy atom. The van der Waals surface area contributed by atoms with Gasteiger partial charge in [0.2, 0.25) is 5.60 Å². The molecule has 0 aliphatic carbocycles. The molecule has 116 valence electrons. The van der Waals surface area contributed by atoms with E-state index in [9.17, 15) is 9.90 Å². The van der Waals surface area contributed by atoms with Gasteiger partial charge in [-0.15, -0.1) is 0 Å². The van der Waals surface area contributed by atoms with Crippen molar-refractivity contribution in [1.29, 1.82) is 0 Å². The molecule has 0 amide bonds. The minimum atomic E-state index is -1.22. The normalized spacial score (nSPS) is 13.2. The van der Waals surface area contributed by atoms with Gasteiger partial charge in [-0.05, 0) is 43.2 Å². The Balaban J connectivity index is 1.97. The van der Waals surface area contributed by atoms with Gasteiger partial charge < -0.3 is 14.6 Å². The zero-order valence-electron chi connectivity index (χ0n) is 12.8. The first kappa shape index (κ1) is 15.9. The van der Waals surface area contributed by atoms with E-state index in [1.165, 1.54) is 0 Å². The molecule has 22 heavy (non-hydrogen) atoms. The van der Waals surface area contributed by atoms with Gasteiger partial charge in [-0.3, -0.25) is 0 Å². The maximum Gasteiger partial charge on any atom is 0.347 e. The van der Waals surface area contributed by atoms with Gasteiger partial charge in [0, 0.05) is 0 Å². The maximum atomic E-state index is 11.2. The summed E-state index contributed by atoms with van der Waals surface area (Å²) in [6.07, 6.45) is 0.384. The first-order valence-electron chi connectivity index (χ1n) is 7.23. The van der Waals surface area contributed by atoms with Crippen LogP contribution in [0.5, 0.6) is 11.5 Å². The van der Waals surface area contributed by atoms with Gasteiger partial charge in [-0.25, -0.2) is 4.79 Å². The van der Waals surface area contributed by atoms with Gasteiger partial charge >= 0.3 is 5.97 Å². The van der Waals surface area contributed by atoms with Crippen molar-refractivity contribution in [2.45, 2.75) is 32.5 Å². The lowest BCUT2D eigenvalue weighted by atomic mass is 10.0. The number of rotatable bonds is 7. The van der Waals surface area contributed by atoms with Crippen LogP contribution >= 0.6 is 0 Å². The Labute approximate surface area is 130 Å². The molecular formula is C18H20O4. The van der Waals surface area contributed by atoms with E-state index in [0.717, 1.165) is 5.56 Å². The van der Waals surface area contributed by atoms with Crippen LogP contribution in [-0.2, 0) is 11.4 Å². The van der Waals surface area contributed by atoms with Gasteiger partial charge in [0.25, 0.3) is 0 Å². The van der Waals surface area contributed by atoms with E-state index in [4.69, 9.17) is 9.47 Å². The minimum Gasteiger partial charge on any atom is -0.489 e. The van der Waals surface area contributed by atoms with Gasteiger partial charge in [-0.2, -0.15) is 0 Å². The van der Waals surface area contributed by atoms with Crippen LogP contribution in [0.15, 0.2) is 54.6 Å². The summed E-state index contributed by atoms with van der Waals surface area (Å²) in [6.45, 7) is 3.84. The zero-order chi connectivity index (χ0) is 16.0. The summed E-state index contributed by atoms with van der Waals surface area (Å²) in [4.78, 5) is 11.2. The Kier molecular flexibility index (Phi) is 5.04. The second-order valence-electron chi connectivity index (χ2n) is 5.24. The number of carbonyl (C=O) groups is 1. The third-order valence-electron chi connectivity index (χ3n) is 3.54. The average molecular weight is 300 g/mol. The van der Waals surface area contributed by atoms with E-state index in [0.29, 0.717) is 24.5 Å². The molecule has 2 aromatic rings. The SMILES string of the molecule is CC[C@](C)(Oc1ccc(OCc2ccccc2)cc1)C(=O)O. The molecule has 0 saturated carbocycles. The highest BCUT2D eigenvalue weighted by atomic mass is 16.5. The molecule has 0 aliphatic heterocycles. The minimum absolute atomic E-state index is 0.384. The lowest BCUT2D eigenvalue weighted by molar-refractivity contribution is -0.154. The van der Waals surface area contributed by atoms with Crippen LogP contribution < -0.4 is 9.47 Å². The van der Waals surface area contributed by atoms with Crippen LogP contribution in [0.1, 0.15) is 25.8 Å². The van der Waals surface area contributed by atoms with E-state index in [-0.39, 0.29) is 0 Å². The first-order valence-corrected chi connectivity index (χ1v) is 7.23. The smallest absolute Gasteiger partial charge is 0.347 e. The summed E-state index contributed by atoms with van der Waals surface area (Å²) in [5, 5.41) is 9.21. The maximum absolute atomic E-state index is 11.2. The summed E-state index contributed by atoms with van der Waals surface area (Å²) in [7, 11) is 0. The highest BCUT2D eigenvalue weighted by Crippen LogP contribution is 2.24. The van der Waals surface area contributed by atoms with Crippen molar-refractivity contribution in [2.75, 3.05) is 0 Å². The summed E-state index contributed by atoms with van der Waals surface area (Å²) < 4.78 is 11.3. The van der Waals surface area contributed by atoms with Crippen molar-refractivity contribution < 1.29 is 19.4 Å².